The van der Waals surface area contributed by atoms with Gasteiger partial charge in [0.15, 0.2) is 0 Å². The van der Waals surface area contributed by atoms with Crippen molar-refractivity contribution in [2.24, 2.45) is 0 Å². The summed E-state index contributed by atoms with van der Waals surface area (Å²) in [5.41, 5.74) is 1.57. The van der Waals surface area contributed by atoms with Gasteiger partial charge in [-0.3, -0.25) is 0 Å². The molecule has 2 aromatic rings. The summed E-state index contributed by atoms with van der Waals surface area (Å²) in [7, 11) is 0. The van der Waals surface area contributed by atoms with Gasteiger partial charge in [0.1, 0.15) is 24.0 Å². The van der Waals surface area contributed by atoms with Crippen LogP contribution in [0.3, 0.4) is 0 Å². The van der Waals surface area contributed by atoms with E-state index in [1.807, 2.05) is 12.1 Å². The molecule has 0 saturated carbocycles. The fourth-order valence-corrected chi connectivity index (χ4v) is 3.05. The molecule has 25 heavy (non-hydrogen) atoms. The van der Waals surface area contributed by atoms with Gasteiger partial charge in [0.25, 0.3) is 0 Å². The van der Waals surface area contributed by atoms with E-state index in [4.69, 9.17) is 9.47 Å². The summed E-state index contributed by atoms with van der Waals surface area (Å²) in [6.07, 6.45) is 2.34. The Kier molecular flexibility index (Phi) is 6.36. The molecule has 0 spiro atoms. The number of ether oxygens (including phenoxy) is 2. The Morgan fingerprint density at radius 2 is 1.72 bits per heavy atom. The second-order valence-corrected chi connectivity index (χ2v) is 6.23. The smallest absolute Gasteiger partial charge is 0.128 e. The average Bonchev–Trinajstić information content (AvgIpc) is 2.65. The van der Waals surface area contributed by atoms with E-state index in [2.05, 4.69) is 17.4 Å². The summed E-state index contributed by atoms with van der Waals surface area (Å²) >= 11 is 0. The topological polar surface area (TPSA) is 30.5 Å². The third-order valence-corrected chi connectivity index (χ3v) is 4.45. The van der Waals surface area contributed by atoms with E-state index in [0.29, 0.717) is 19.1 Å². The van der Waals surface area contributed by atoms with Crippen molar-refractivity contribution >= 4 is 0 Å². The van der Waals surface area contributed by atoms with E-state index >= 15 is 0 Å². The molecule has 0 aliphatic carbocycles. The highest BCUT2D eigenvalue weighted by Gasteiger charge is 2.14. The Balaban J connectivity index is 1.39. The highest BCUT2D eigenvalue weighted by atomic mass is 19.1. The highest BCUT2D eigenvalue weighted by Crippen LogP contribution is 2.26. The number of hydrogen-bond acceptors (Lipinski definition) is 3. The van der Waals surface area contributed by atoms with Crippen LogP contribution in [0.4, 0.5) is 8.78 Å². The van der Waals surface area contributed by atoms with Crippen LogP contribution in [0.2, 0.25) is 0 Å². The minimum absolute atomic E-state index is 0.0294. The molecule has 0 aromatic heterocycles. The van der Waals surface area contributed by atoms with Crippen molar-refractivity contribution < 1.29 is 18.3 Å². The van der Waals surface area contributed by atoms with Gasteiger partial charge in [0.2, 0.25) is 0 Å². The zero-order valence-corrected chi connectivity index (χ0v) is 14.1. The summed E-state index contributed by atoms with van der Waals surface area (Å²) < 4.78 is 37.5. The van der Waals surface area contributed by atoms with Gasteiger partial charge < -0.3 is 14.8 Å². The van der Waals surface area contributed by atoms with Crippen molar-refractivity contribution in [3.8, 4) is 5.75 Å². The normalized spacial score (nSPS) is 15.3. The van der Waals surface area contributed by atoms with Gasteiger partial charge in [-0.2, -0.15) is 0 Å². The maximum Gasteiger partial charge on any atom is 0.128 e. The standard InChI is InChI=1S/C20H23F2NO2/c21-18-3-6-20(22)17(13-18)14-24-11-12-25-19-4-1-15(2-5-19)16-7-9-23-10-8-16/h1-6,13,16,23H,7-12,14H2. The molecule has 134 valence electrons. The average molecular weight is 347 g/mol. The molecule has 0 radical (unpaired) electrons. The first-order valence-electron chi connectivity index (χ1n) is 8.67. The van der Waals surface area contributed by atoms with E-state index in [1.165, 1.54) is 18.4 Å². The summed E-state index contributed by atoms with van der Waals surface area (Å²) in [6, 6.07) is 11.5. The molecule has 1 heterocycles. The molecule has 1 aliphatic rings. The SMILES string of the molecule is Fc1ccc(F)c(COCCOc2ccc(C3CCNCC3)cc2)c1. The van der Waals surface area contributed by atoms with E-state index in [-0.39, 0.29) is 12.2 Å². The number of hydrogen-bond donors (Lipinski definition) is 1. The molecule has 5 heteroatoms. The Morgan fingerprint density at radius 3 is 2.48 bits per heavy atom. The predicted molar refractivity (Wildman–Crippen MR) is 92.8 cm³/mol. The Hall–Kier alpha value is -1.98. The molecule has 2 aromatic carbocycles. The molecule has 1 fully saturated rings. The maximum absolute atomic E-state index is 13.5. The molecule has 3 nitrogen and oxygen atoms in total. The number of rotatable bonds is 7. The minimum atomic E-state index is -0.468. The Labute approximate surface area is 147 Å². The lowest BCUT2D eigenvalue weighted by molar-refractivity contribution is 0.0870. The fourth-order valence-electron chi connectivity index (χ4n) is 3.05. The zero-order chi connectivity index (χ0) is 17.5. The molecule has 3 rings (SSSR count). The Morgan fingerprint density at radius 1 is 0.960 bits per heavy atom. The third-order valence-electron chi connectivity index (χ3n) is 4.45. The number of halogens is 2. The van der Waals surface area contributed by atoms with Gasteiger partial charge in [0.05, 0.1) is 13.2 Å². The van der Waals surface area contributed by atoms with Crippen LogP contribution < -0.4 is 10.1 Å². The number of nitrogens with one attached hydrogen (secondary N) is 1. The van der Waals surface area contributed by atoms with Gasteiger partial charge in [-0.05, 0) is 67.7 Å². The summed E-state index contributed by atoms with van der Waals surface area (Å²) in [4.78, 5) is 0. The first-order chi connectivity index (χ1) is 12.2. The molecule has 0 bridgehead atoms. The maximum atomic E-state index is 13.5. The second kappa shape index (κ2) is 8.92. The highest BCUT2D eigenvalue weighted by molar-refractivity contribution is 5.29. The van der Waals surface area contributed by atoms with Gasteiger partial charge in [0, 0.05) is 5.56 Å². The molecular weight excluding hydrogens is 324 g/mol. The lowest BCUT2D eigenvalue weighted by Gasteiger charge is -2.23. The van der Waals surface area contributed by atoms with Crippen molar-refractivity contribution in [2.45, 2.75) is 25.4 Å². The summed E-state index contributed by atoms with van der Waals surface area (Å²) in [6.45, 7) is 2.86. The van der Waals surface area contributed by atoms with Crippen molar-refractivity contribution in [3.05, 3.63) is 65.2 Å². The van der Waals surface area contributed by atoms with E-state index in [0.717, 1.165) is 37.0 Å². The molecule has 0 unspecified atom stereocenters. The molecular formula is C20H23F2NO2. The van der Waals surface area contributed by atoms with Gasteiger partial charge in [-0.15, -0.1) is 0 Å². The van der Waals surface area contributed by atoms with Crippen LogP contribution in [0.1, 0.15) is 29.9 Å². The first-order valence-corrected chi connectivity index (χ1v) is 8.67. The van der Waals surface area contributed by atoms with Crippen molar-refractivity contribution in [2.75, 3.05) is 26.3 Å². The first kappa shape index (κ1) is 17.8. The third kappa shape index (κ3) is 5.25. The Bertz CT molecular complexity index is 670. The van der Waals surface area contributed by atoms with E-state index < -0.39 is 11.6 Å². The van der Waals surface area contributed by atoms with Crippen LogP contribution in [-0.2, 0) is 11.3 Å². The number of benzene rings is 2. The molecule has 0 amide bonds. The second-order valence-electron chi connectivity index (χ2n) is 6.23. The minimum Gasteiger partial charge on any atom is -0.491 e. The largest absolute Gasteiger partial charge is 0.491 e. The summed E-state index contributed by atoms with van der Waals surface area (Å²) in [5.74, 6) is 0.485. The zero-order valence-electron chi connectivity index (χ0n) is 14.1. The van der Waals surface area contributed by atoms with E-state index in [9.17, 15) is 8.78 Å². The van der Waals surface area contributed by atoms with Crippen LogP contribution in [0, 0.1) is 11.6 Å². The number of piperidine rings is 1. The van der Waals surface area contributed by atoms with Gasteiger partial charge >= 0.3 is 0 Å². The lowest BCUT2D eigenvalue weighted by atomic mass is 9.90. The summed E-state index contributed by atoms with van der Waals surface area (Å²) in [5, 5.41) is 3.37. The quantitative estimate of drug-likeness (QED) is 0.767. The van der Waals surface area contributed by atoms with Crippen molar-refractivity contribution in [1.82, 2.24) is 5.32 Å². The van der Waals surface area contributed by atoms with Gasteiger partial charge in [-0.25, -0.2) is 8.78 Å². The predicted octanol–water partition coefficient (Wildman–Crippen LogP) is 4.03. The van der Waals surface area contributed by atoms with Crippen LogP contribution >= 0.6 is 0 Å². The molecule has 1 saturated heterocycles. The van der Waals surface area contributed by atoms with Crippen LogP contribution in [0.25, 0.3) is 0 Å². The van der Waals surface area contributed by atoms with Crippen LogP contribution in [0.5, 0.6) is 5.75 Å². The van der Waals surface area contributed by atoms with Crippen molar-refractivity contribution in [3.63, 3.8) is 0 Å². The van der Waals surface area contributed by atoms with Crippen LogP contribution in [-0.4, -0.2) is 26.3 Å². The van der Waals surface area contributed by atoms with Crippen molar-refractivity contribution in [1.29, 1.82) is 0 Å². The van der Waals surface area contributed by atoms with E-state index in [1.54, 1.807) is 0 Å². The fraction of sp³-hybridized carbons (Fsp3) is 0.400. The monoisotopic (exact) mass is 347 g/mol. The lowest BCUT2D eigenvalue weighted by Crippen LogP contribution is -2.26. The molecule has 1 aliphatic heterocycles. The van der Waals surface area contributed by atoms with Crippen LogP contribution in [0.15, 0.2) is 42.5 Å². The molecule has 1 N–H and O–H groups in total. The molecule has 0 atom stereocenters. The van der Waals surface area contributed by atoms with Gasteiger partial charge in [-0.1, -0.05) is 12.1 Å².